The van der Waals surface area contributed by atoms with E-state index in [9.17, 15) is 9.90 Å². The first-order valence-corrected chi connectivity index (χ1v) is 9.05. The fourth-order valence-corrected chi connectivity index (χ4v) is 3.42. The van der Waals surface area contributed by atoms with Crippen LogP contribution in [0.15, 0.2) is 30.3 Å². The molecule has 1 aromatic heterocycles. The molecule has 2 N–H and O–H groups in total. The lowest BCUT2D eigenvalue weighted by Crippen LogP contribution is -2.22. The van der Waals surface area contributed by atoms with E-state index < -0.39 is 5.97 Å². The van der Waals surface area contributed by atoms with Gasteiger partial charge in [-0.05, 0) is 49.3 Å². The molecule has 0 fully saturated rings. The molecule has 0 aliphatic heterocycles. The van der Waals surface area contributed by atoms with Crippen LogP contribution in [-0.4, -0.2) is 39.0 Å². The van der Waals surface area contributed by atoms with E-state index in [0.717, 1.165) is 35.6 Å². The van der Waals surface area contributed by atoms with Crippen LogP contribution >= 0.6 is 11.6 Å². The molecule has 26 heavy (non-hydrogen) atoms. The van der Waals surface area contributed by atoms with Crippen LogP contribution in [0, 0.1) is 6.92 Å². The molecular weight excluding hydrogens is 350 g/mol. The Morgan fingerprint density at radius 2 is 1.96 bits per heavy atom. The third kappa shape index (κ3) is 3.59. The van der Waals surface area contributed by atoms with Crippen LogP contribution in [0.1, 0.15) is 35.6 Å². The predicted octanol–water partition coefficient (Wildman–Crippen LogP) is 4.73. The Morgan fingerprint density at radius 1 is 1.23 bits per heavy atom. The van der Waals surface area contributed by atoms with Gasteiger partial charge < -0.3 is 10.1 Å². The van der Waals surface area contributed by atoms with E-state index in [2.05, 4.69) is 28.7 Å². The van der Waals surface area contributed by atoms with E-state index >= 15 is 0 Å². The maximum absolute atomic E-state index is 11.8. The molecule has 0 saturated heterocycles. The van der Waals surface area contributed by atoms with E-state index in [-0.39, 0.29) is 5.56 Å². The number of nitrogens with one attached hydrogen (secondary N) is 1. The molecule has 2 aromatic carbocycles. The molecule has 0 amide bonds. The van der Waals surface area contributed by atoms with E-state index in [1.165, 1.54) is 0 Å². The number of carboxylic acids is 1. The van der Waals surface area contributed by atoms with Crippen molar-refractivity contribution in [1.29, 1.82) is 0 Å². The quantitative estimate of drug-likeness (QED) is 0.657. The van der Waals surface area contributed by atoms with Crippen LogP contribution in [0.5, 0.6) is 0 Å². The first-order valence-electron chi connectivity index (χ1n) is 8.67. The van der Waals surface area contributed by atoms with Gasteiger partial charge in [-0.2, -0.15) is 0 Å². The Kier molecular flexibility index (Phi) is 5.30. The number of H-pyrrole nitrogens is 1. The summed E-state index contributed by atoms with van der Waals surface area (Å²) in [6.07, 6.45) is 0. The van der Waals surface area contributed by atoms with Gasteiger partial charge in [0.05, 0.1) is 17.6 Å². The van der Waals surface area contributed by atoms with Crippen molar-refractivity contribution in [3.63, 3.8) is 0 Å². The summed E-state index contributed by atoms with van der Waals surface area (Å²) in [5.41, 5.74) is 3.99. The Hall–Kier alpha value is -2.37. The maximum atomic E-state index is 11.8. The number of benzene rings is 2. The van der Waals surface area contributed by atoms with E-state index in [1.54, 1.807) is 6.07 Å². The minimum Gasteiger partial charge on any atom is -0.478 e. The predicted molar refractivity (Wildman–Crippen MR) is 105 cm³/mol. The number of aromatic carboxylic acids is 1. The molecule has 0 atom stereocenters. The zero-order chi connectivity index (χ0) is 18.8. The van der Waals surface area contributed by atoms with Crippen LogP contribution in [0.25, 0.3) is 22.2 Å². The van der Waals surface area contributed by atoms with Gasteiger partial charge in [0.25, 0.3) is 0 Å². The first kappa shape index (κ1) is 18.4. The summed E-state index contributed by atoms with van der Waals surface area (Å²) in [6.45, 7) is 8.61. The van der Waals surface area contributed by atoms with Gasteiger partial charge in [-0.1, -0.05) is 37.6 Å². The smallest absolute Gasteiger partial charge is 0.337 e. The molecule has 5 nitrogen and oxygen atoms in total. The maximum Gasteiger partial charge on any atom is 0.337 e. The summed E-state index contributed by atoms with van der Waals surface area (Å²) < 4.78 is 0. The van der Waals surface area contributed by atoms with Crippen molar-refractivity contribution < 1.29 is 9.90 Å². The van der Waals surface area contributed by atoms with Gasteiger partial charge in [0.2, 0.25) is 0 Å². The number of aromatic nitrogens is 2. The van der Waals surface area contributed by atoms with Crippen LogP contribution in [0.3, 0.4) is 0 Å². The molecule has 0 aliphatic rings. The van der Waals surface area contributed by atoms with Gasteiger partial charge in [0, 0.05) is 10.6 Å². The van der Waals surface area contributed by atoms with Gasteiger partial charge in [-0.15, -0.1) is 0 Å². The molecule has 3 aromatic rings. The number of hydrogen-bond acceptors (Lipinski definition) is 3. The SMILES string of the molecule is CCN(CC)Cc1nc2c(C(=O)O)cc(-c3ccc(C)cc3Cl)cc2[nH]1. The molecule has 136 valence electrons. The highest BCUT2D eigenvalue weighted by Crippen LogP contribution is 2.32. The molecular formula is C20H22ClN3O2. The number of rotatable bonds is 6. The van der Waals surface area contributed by atoms with Crippen molar-refractivity contribution in [2.45, 2.75) is 27.3 Å². The summed E-state index contributed by atoms with van der Waals surface area (Å²) in [5.74, 6) is -0.237. The van der Waals surface area contributed by atoms with Crippen molar-refractivity contribution in [2.24, 2.45) is 0 Å². The Bertz CT molecular complexity index is 961. The lowest BCUT2D eigenvalue weighted by molar-refractivity contribution is 0.0699. The fourth-order valence-electron chi connectivity index (χ4n) is 3.08. The number of aryl methyl sites for hydroxylation is 1. The molecule has 0 aliphatic carbocycles. The fraction of sp³-hybridized carbons (Fsp3) is 0.300. The van der Waals surface area contributed by atoms with Gasteiger partial charge in [0.1, 0.15) is 11.3 Å². The van der Waals surface area contributed by atoms with Gasteiger partial charge in [-0.25, -0.2) is 9.78 Å². The molecule has 0 unspecified atom stereocenters. The number of imidazole rings is 1. The molecule has 6 heteroatoms. The third-order valence-electron chi connectivity index (χ3n) is 4.57. The number of fused-ring (bicyclic) bond motifs is 1. The summed E-state index contributed by atoms with van der Waals surface area (Å²) in [4.78, 5) is 21.8. The highest BCUT2D eigenvalue weighted by atomic mass is 35.5. The monoisotopic (exact) mass is 371 g/mol. The highest BCUT2D eigenvalue weighted by Gasteiger charge is 2.17. The van der Waals surface area contributed by atoms with Crippen molar-refractivity contribution in [3.8, 4) is 11.1 Å². The van der Waals surface area contributed by atoms with Crippen LogP contribution in [-0.2, 0) is 6.54 Å². The van der Waals surface area contributed by atoms with Crippen molar-refractivity contribution in [1.82, 2.24) is 14.9 Å². The topological polar surface area (TPSA) is 69.2 Å². The van der Waals surface area contributed by atoms with Crippen LogP contribution in [0.4, 0.5) is 0 Å². The minimum atomic E-state index is -0.999. The molecule has 0 spiro atoms. The summed E-state index contributed by atoms with van der Waals surface area (Å²) >= 11 is 6.38. The number of hydrogen-bond donors (Lipinski definition) is 2. The second-order valence-corrected chi connectivity index (χ2v) is 6.76. The normalized spacial score (nSPS) is 11.4. The van der Waals surface area contributed by atoms with Gasteiger partial charge in [0.15, 0.2) is 0 Å². The number of nitrogens with zero attached hydrogens (tertiary/aromatic N) is 2. The van der Waals surface area contributed by atoms with Crippen molar-refractivity contribution in [3.05, 3.63) is 52.3 Å². The lowest BCUT2D eigenvalue weighted by Gasteiger charge is -2.15. The molecule has 0 saturated carbocycles. The summed E-state index contributed by atoms with van der Waals surface area (Å²) in [5, 5.41) is 10.3. The third-order valence-corrected chi connectivity index (χ3v) is 4.88. The average Bonchev–Trinajstić information content (AvgIpc) is 3.00. The lowest BCUT2D eigenvalue weighted by atomic mass is 10.0. The van der Waals surface area contributed by atoms with Crippen molar-refractivity contribution in [2.75, 3.05) is 13.1 Å². The summed E-state index contributed by atoms with van der Waals surface area (Å²) in [6, 6.07) is 9.31. The second kappa shape index (κ2) is 7.48. The number of halogens is 1. The van der Waals surface area contributed by atoms with E-state index in [0.29, 0.717) is 22.6 Å². The zero-order valence-electron chi connectivity index (χ0n) is 15.1. The van der Waals surface area contributed by atoms with Crippen molar-refractivity contribution >= 4 is 28.6 Å². The summed E-state index contributed by atoms with van der Waals surface area (Å²) in [7, 11) is 0. The number of aromatic amines is 1. The Balaban J connectivity index is 2.13. The van der Waals surface area contributed by atoms with E-state index in [1.807, 2.05) is 31.2 Å². The largest absolute Gasteiger partial charge is 0.478 e. The second-order valence-electron chi connectivity index (χ2n) is 6.35. The van der Waals surface area contributed by atoms with Gasteiger partial charge in [-0.3, -0.25) is 4.90 Å². The molecule has 0 radical (unpaired) electrons. The molecule has 1 heterocycles. The highest BCUT2D eigenvalue weighted by molar-refractivity contribution is 6.33. The average molecular weight is 372 g/mol. The first-order chi connectivity index (χ1) is 12.4. The standard InChI is InChI=1S/C20H22ClN3O2/c1-4-24(5-2)11-18-22-17-10-13(9-15(20(25)26)19(17)23-18)14-7-6-12(3)8-16(14)21/h6-10H,4-5,11H2,1-3H3,(H,22,23)(H,25,26). The van der Waals surface area contributed by atoms with E-state index in [4.69, 9.17) is 11.6 Å². The number of carboxylic acid groups (broad SMARTS) is 1. The molecule has 3 rings (SSSR count). The Labute approximate surface area is 157 Å². The molecule has 0 bridgehead atoms. The number of carbonyl (C=O) groups is 1. The van der Waals surface area contributed by atoms with Crippen LogP contribution in [0.2, 0.25) is 5.02 Å². The van der Waals surface area contributed by atoms with Gasteiger partial charge >= 0.3 is 5.97 Å². The van der Waals surface area contributed by atoms with Crippen LogP contribution < -0.4 is 0 Å². The Morgan fingerprint density at radius 3 is 2.58 bits per heavy atom. The minimum absolute atomic E-state index is 0.177. The zero-order valence-corrected chi connectivity index (χ0v) is 15.9.